The quantitative estimate of drug-likeness (QED) is 0.0244. The van der Waals surface area contributed by atoms with Crippen molar-refractivity contribution in [3.8, 4) is 0 Å². The Morgan fingerprint density at radius 1 is 0.583 bits per heavy atom. The summed E-state index contributed by atoms with van der Waals surface area (Å²) in [5.74, 6) is -0.191. The molecule has 0 spiro atoms. The molecule has 9 heteroatoms. The fraction of sp³-hybridized carbons (Fsp3) is 0.863. The molecule has 0 aromatic rings. The molecular weight excluding hydrogens is 768 g/mol. The van der Waals surface area contributed by atoms with Crippen molar-refractivity contribution >= 4 is 13.7 Å². The highest BCUT2D eigenvalue weighted by Crippen LogP contribution is 2.43. The molecule has 0 rings (SSSR count). The highest BCUT2D eigenvalue weighted by Gasteiger charge is 2.27. The first-order valence-corrected chi connectivity index (χ1v) is 26.8. The lowest BCUT2D eigenvalue weighted by Crippen LogP contribution is -2.45. The number of hydrogen-bond acceptors (Lipinski definition) is 5. The molecule has 3 unspecified atom stereocenters. The third-order valence-corrected chi connectivity index (χ3v) is 12.4. The summed E-state index contributed by atoms with van der Waals surface area (Å²) in [6, 6.07) is -0.865. The molecule has 0 aliphatic carbocycles. The first kappa shape index (κ1) is 58.7. The van der Waals surface area contributed by atoms with E-state index in [-0.39, 0.29) is 19.1 Å². The number of aliphatic hydroxyl groups is 1. The first-order valence-electron chi connectivity index (χ1n) is 25.3. The van der Waals surface area contributed by atoms with E-state index in [2.05, 4.69) is 36.5 Å². The van der Waals surface area contributed by atoms with Crippen LogP contribution in [0, 0.1) is 0 Å². The predicted molar refractivity (Wildman–Crippen MR) is 258 cm³/mol. The molecule has 0 saturated carbocycles. The van der Waals surface area contributed by atoms with Gasteiger partial charge in [-0.3, -0.25) is 13.8 Å². The standard InChI is InChI=1S/C51H99N2O6P/c1-6-8-10-12-14-16-17-18-19-20-21-22-23-24-25-26-27-28-29-30-31-32-33-34-35-37-39-41-43-45-51(55)52-49(48-59-60(56,57)58-47-46-53(3,4)5)50(54)44-42-40-38-36-15-13-11-9-7-2/h7,9,15,36,42,44,49-50,54H,6,8,10-14,16-35,37-41,43,45-48H2,1-5H3,(H-,52,55,56,57)/p+1/b9-7+,36-15+,44-42+. The molecule has 0 aliphatic heterocycles. The molecule has 0 aromatic heterocycles. The number of rotatable bonds is 46. The molecule has 0 aromatic carbocycles. The Balaban J connectivity index is 3.99. The van der Waals surface area contributed by atoms with Crippen LogP contribution in [0.2, 0.25) is 0 Å². The monoisotopic (exact) mass is 868 g/mol. The maximum atomic E-state index is 12.9. The van der Waals surface area contributed by atoms with Gasteiger partial charge in [0.05, 0.1) is 39.9 Å². The second kappa shape index (κ2) is 43.0. The van der Waals surface area contributed by atoms with Crippen molar-refractivity contribution in [3.63, 3.8) is 0 Å². The van der Waals surface area contributed by atoms with Crippen LogP contribution in [0.25, 0.3) is 0 Å². The molecule has 8 nitrogen and oxygen atoms in total. The molecular formula is C51H100N2O6P+. The van der Waals surface area contributed by atoms with Gasteiger partial charge in [0, 0.05) is 6.42 Å². The SMILES string of the molecule is C/C=C/CC/C=C/CC/C=C/C(O)C(COP(=O)(O)OCC[N+](C)(C)C)NC(=O)CCCCCCCCCCCCCCCCCCCCCCCCCCCCCCC. The largest absolute Gasteiger partial charge is 0.472 e. The minimum Gasteiger partial charge on any atom is -0.387 e. The molecule has 60 heavy (non-hydrogen) atoms. The molecule has 0 fully saturated rings. The predicted octanol–water partition coefficient (Wildman–Crippen LogP) is 14.6. The van der Waals surface area contributed by atoms with E-state index < -0.39 is 20.0 Å². The summed E-state index contributed by atoms with van der Waals surface area (Å²) in [7, 11) is 1.55. The highest BCUT2D eigenvalue weighted by molar-refractivity contribution is 7.47. The molecule has 0 heterocycles. The molecule has 354 valence electrons. The Labute approximate surface area is 372 Å². The van der Waals surface area contributed by atoms with Gasteiger partial charge in [-0.2, -0.15) is 0 Å². The molecule has 3 atom stereocenters. The maximum absolute atomic E-state index is 12.9. The van der Waals surface area contributed by atoms with Crippen LogP contribution >= 0.6 is 7.82 Å². The molecule has 1 amide bonds. The van der Waals surface area contributed by atoms with Crippen LogP contribution in [0.15, 0.2) is 36.5 Å². The highest BCUT2D eigenvalue weighted by atomic mass is 31.2. The molecule has 0 saturated heterocycles. The maximum Gasteiger partial charge on any atom is 0.472 e. The van der Waals surface area contributed by atoms with Crippen molar-refractivity contribution in [3.05, 3.63) is 36.5 Å². The number of aliphatic hydroxyl groups excluding tert-OH is 1. The second-order valence-electron chi connectivity index (χ2n) is 18.5. The molecule has 3 N–H and O–H groups in total. The van der Waals surface area contributed by atoms with Crippen LogP contribution in [-0.2, 0) is 18.4 Å². The van der Waals surface area contributed by atoms with Gasteiger partial charge in [-0.05, 0) is 39.0 Å². The Kier molecular flexibility index (Phi) is 42.1. The lowest BCUT2D eigenvalue weighted by molar-refractivity contribution is -0.870. The Hall–Kier alpha value is -1.28. The van der Waals surface area contributed by atoms with Crippen LogP contribution in [-0.4, -0.2) is 73.4 Å². The smallest absolute Gasteiger partial charge is 0.387 e. The van der Waals surface area contributed by atoms with E-state index in [1.54, 1.807) is 6.08 Å². The van der Waals surface area contributed by atoms with Gasteiger partial charge < -0.3 is 19.8 Å². The topological polar surface area (TPSA) is 105 Å². The number of hydrogen-bond donors (Lipinski definition) is 3. The number of phosphoric acid groups is 1. The molecule has 0 aliphatic rings. The summed E-state index contributed by atoms with van der Waals surface area (Å²) in [5.41, 5.74) is 0. The molecule has 0 bridgehead atoms. The normalized spacial score (nSPS) is 14.4. The van der Waals surface area contributed by atoms with Gasteiger partial charge >= 0.3 is 7.82 Å². The number of amides is 1. The van der Waals surface area contributed by atoms with Gasteiger partial charge in [0.15, 0.2) is 0 Å². The number of allylic oxidation sites excluding steroid dienone is 5. The zero-order valence-electron chi connectivity index (χ0n) is 40.2. The van der Waals surface area contributed by atoms with Crippen molar-refractivity contribution in [1.29, 1.82) is 0 Å². The average molecular weight is 868 g/mol. The lowest BCUT2D eigenvalue weighted by atomic mass is 10.0. The van der Waals surface area contributed by atoms with Crippen molar-refractivity contribution in [2.45, 2.75) is 244 Å². The van der Waals surface area contributed by atoms with Crippen molar-refractivity contribution in [1.82, 2.24) is 5.32 Å². The van der Waals surface area contributed by atoms with Gasteiger partial charge in [0.25, 0.3) is 0 Å². The Bertz CT molecular complexity index is 1070. The number of unbranched alkanes of at least 4 members (excludes halogenated alkanes) is 30. The summed E-state index contributed by atoms with van der Waals surface area (Å²) >= 11 is 0. The van der Waals surface area contributed by atoms with Crippen LogP contribution in [0.1, 0.15) is 232 Å². The number of nitrogens with one attached hydrogen (secondary N) is 1. The summed E-state index contributed by atoms with van der Waals surface area (Å²) in [5, 5.41) is 13.7. The fourth-order valence-corrected chi connectivity index (χ4v) is 8.17. The van der Waals surface area contributed by atoms with E-state index in [1.165, 1.54) is 167 Å². The Morgan fingerprint density at radius 3 is 1.33 bits per heavy atom. The van der Waals surface area contributed by atoms with Crippen molar-refractivity contribution < 1.29 is 32.9 Å². The third kappa shape index (κ3) is 44.8. The number of nitrogens with zero attached hydrogens (tertiary/aromatic N) is 1. The second-order valence-corrected chi connectivity index (χ2v) is 20.0. The number of quaternary nitrogens is 1. The average Bonchev–Trinajstić information content (AvgIpc) is 3.20. The number of phosphoric ester groups is 1. The fourth-order valence-electron chi connectivity index (χ4n) is 7.44. The zero-order chi connectivity index (χ0) is 44.3. The Morgan fingerprint density at radius 2 is 0.950 bits per heavy atom. The van der Waals surface area contributed by atoms with Crippen LogP contribution in [0.3, 0.4) is 0 Å². The summed E-state index contributed by atoms with van der Waals surface area (Å²) in [4.78, 5) is 23.1. The lowest BCUT2D eigenvalue weighted by Gasteiger charge is -2.25. The van der Waals surface area contributed by atoms with Crippen molar-refractivity contribution in [2.24, 2.45) is 0 Å². The van der Waals surface area contributed by atoms with Crippen LogP contribution in [0.5, 0.6) is 0 Å². The summed E-state index contributed by atoms with van der Waals surface area (Å²) < 4.78 is 23.5. The van der Waals surface area contributed by atoms with Gasteiger partial charge in [0.1, 0.15) is 13.2 Å². The van der Waals surface area contributed by atoms with E-state index in [4.69, 9.17) is 9.05 Å². The van der Waals surface area contributed by atoms with E-state index in [0.29, 0.717) is 17.4 Å². The summed E-state index contributed by atoms with van der Waals surface area (Å²) in [6.07, 6.45) is 54.3. The minimum atomic E-state index is -4.34. The van der Waals surface area contributed by atoms with Crippen molar-refractivity contribution in [2.75, 3.05) is 40.9 Å². The van der Waals surface area contributed by atoms with E-state index in [9.17, 15) is 19.4 Å². The molecule has 0 radical (unpaired) electrons. The first-order chi connectivity index (χ1) is 29.0. The van der Waals surface area contributed by atoms with Gasteiger partial charge in [0.2, 0.25) is 5.91 Å². The van der Waals surface area contributed by atoms with Crippen LogP contribution in [0.4, 0.5) is 0 Å². The number of carbonyl (C=O) groups is 1. The zero-order valence-corrected chi connectivity index (χ0v) is 41.1. The minimum absolute atomic E-state index is 0.0542. The third-order valence-electron chi connectivity index (χ3n) is 11.4. The van der Waals surface area contributed by atoms with E-state index in [0.717, 1.165) is 44.9 Å². The van der Waals surface area contributed by atoms with Gasteiger partial charge in [-0.25, -0.2) is 4.57 Å². The summed E-state index contributed by atoms with van der Waals surface area (Å²) in [6.45, 7) is 4.57. The van der Waals surface area contributed by atoms with Gasteiger partial charge in [-0.15, -0.1) is 0 Å². The number of carbonyl (C=O) groups excluding carboxylic acids is 1. The van der Waals surface area contributed by atoms with Gasteiger partial charge in [-0.1, -0.05) is 223 Å². The number of likely N-dealkylation sites (N-methyl/N-ethyl adjacent to an activating group) is 1. The van der Waals surface area contributed by atoms with Crippen LogP contribution < -0.4 is 5.32 Å². The van der Waals surface area contributed by atoms with E-state index in [1.807, 2.05) is 34.1 Å². The van der Waals surface area contributed by atoms with E-state index >= 15 is 0 Å².